The number of ether oxygens (including phenoxy) is 1. The van der Waals surface area contributed by atoms with Crippen LogP contribution in [0.25, 0.3) is 0 Å². The van der Waals surface area contributed by atoms with Gasteiger partial charge in [0.2, 0.25) is 0 Å². The Morgan fingerprint density at radius 3 is 3.13 bits per heavy atom. The number of rotatable bonds is 1. The van der Waals surface area contributed by atoms with Crippen molar-refractivity contribution in [3.63, 3.8) is 0 Å². The van der Waals surface area contributed by atoms with Gasteiger partial charge in [-0.3, -0.25) is 0 Å². The second-order valence-electron chi connectivity index (χ2n) is 4.36. The summed E-state index contributed by atoms with van der Waals surface area (Å²) in [5.41, 5.74) is 1.30. The summed E-state index contributed by atoms with van der Waals surface area (Å²) in [5, 5.41) is 4.59. The third-order valence-electron chi connectivity index (χ3n) is 3.13. The highest BCUT2D eigenvalue weighted by Gasteiger charge is 2.27. The summed E-state index contributed by atoms with van der Waals surface area (Å²) >= 11 is 1.84. The van der Waals surface area contributed by atoms with E-state index in [1.54, 1.807) is 0 Å². The highest BCUT2D eigenvalue weighted by Crippen LogP contribution is 2.36. The van der Waals surface area contributed by atoms with Gasteiger partial charge in [0.15, 0.2) is 0 Å². The largest absolute Gasteiger partial charge is 0.368 e. The van der Waals surface area contributed by atoms with Crippen LogP contribution < -0.4 is 5.32 Å². The predicted molar refractivity (Wildman–Crippen MR) is 60.0 cm³/mol. The van der Waals surface area contributed by atoms with E-state index in [0.717, 1.165) is 25.9 Å². The molecule has 0 spiro atoms. The molecule has 1 aromatic heterocycles. The van der Waals surface area contributed by atoms with Crippen molar-refractivity contribution in [3.8, 4) is 0 Å². The Morgan fingerprint density at radius 2 is 2.40 bits per heavy atom. The highest BCUT2D eigenvalue weighted by atomic mass is 32.1. The monoisotopic (exact) mass is 224 g/mol. The van der Waals surface area contributed by atoms with E-state index in [2.05, 4.69) is 12.2 Å². The van der Waals surface area contributed by atoms with E-state index >= 15 is 0 Å². The normalized spacial score (nSPS) is 30.5. The number of aromatic nitrogens is 1. The molecule has 2 unspecified atom stereocenters. The average Bonchev–Trinajstić information content (AvgIpc) is 2.82. The standard InChI is InChI=1S/C11H16N2OS/c1-7-2-3-9(14-7)11-13-8-4-5-12-6-10(8)15-11/h7,9,12H,2-6H2,1H3. The molecule has 1 N–H and O–H groups in total. The number of hydrogen-bond acceptors (Lipinski definition) is 4. The Morgan fingerprint density at radius 1 is 1.47 bits per heavy atom. The van der Waals surface area contributed by atoms with Crippen LogP contribution in [0.3, 0.4) is 0 Å². The van der Waals surface area contributed by atoms with Crippen molar-refractivity contribution < 1.29 is 4.74 Å². The fourth-order valence-electron chi connectivity index (χ4n) is 2.27. The first kappa shape index (κ1) is 9.75. The molecule has 1 fully saturated rings. The zero-order chi connectivity index (χ0) is 10.3. The summed E-state index contributed by atoms with van der Waals surface area (Å²) in [5.74, 6) is 0. The van der Waals surface area contributed by atoms with Crippen LogP contribution in [0.4, 0.5) is 0 Å². The maximum Gasteiger partial charge on any atom is 0.122 e. The predicted octanol–water partition coefficient (Wildman–Crippen LogP) is 2.03. The summed E-state index contributed by atoms with van der Waals surface area (Å²) in [4.78, 5) is 6.14. The van der Waals surface area contributed by atoms with Gasteiger partial charge in [0.1, 0.15) is 11.1 Å². The van der Waals surface area contributed by atoms with Crippen LogP contribution in [0.15, 0.2) is 0 Å². The molecule has 0 bridgehead atoms. The van der Waals surface area contributed by atoms with Gasteiger partial charge in [0.05, 0.1) is 11.8 Å². The van der Waals surface area contributed by atoms with Crippen molar-refractivity contribution in [3.05, 3.63) is 15.6 Å². The quantitative estimate of drug-likeness (QED) is 0.792. The van der Waals surface area contributed by atoms with Gasteiger partial charge in [-0.15, -0.1) is 11.3 Å². The molecule has 0 amide bonds. The van der Waals surface area contributed by atoms with E-state index in [0.29, 0.717) is 6.10 Å². The zero-order valence-electron chi connectivity index (χ0n) is 8.95. The lowest BCUT2D eigenvalue weighted by Crippen LogP contribution is -2.22. The summed E-state index contributed by atoms with van der Waals surface area (Å²) in [6, 6.07) is 0. The molecule has 2 aliphatic heterocycles. The summed E-state index contributed by atoms with van der Waals surface area (Å²) in [7, 11) is 0. The molecular formula is C11H16N2OS. The first-order valence-corrected chi connectivity index (χ1v) is 6.49. The molecule has 2 aliphatic rings. The lowest BCUT2D eigenvalue weighted by Gasteiger charge is -2.09. The topological polar surface area (TPSA) is 34.2 Å². The van der Waals surface area contributed by atoms with E-state index in [1.807, 2.05) is 11.3 Å². The van der Waals surface area contributed by atoms with E-state index in [4.69, 9.17) is 9.72 Å². The van der Waals surface area contributed by atoms with Crippen LogP contribution in [-0.2, 0) is 17.7 Å². The molecule has 0 aliphatic carbocycles. The first-order valence-electron chi connectivity index (χ1n) is 5.67. The van der Waals surface area contributed by atoms with Crippen LogP contribution in [0.5, 0.6) is 0 Å². The third-order valence-corrected chi connectivity index (χ3v) is 4.32. The molecule has 2 atom stereocenters. The molecule has 1 saturated heterocycles. The number of nitrogens with zero attached hydrogens (tertiary/aromatic N) is 1. The van der Waals surface area contributed by atoms with Crippen molar-refractivity contribution in [1.29, 1.82) is 0 Å². The molecule has 0 saturated carbocycles. The molecule has 82 valence electrons. The smallest absolute Gasteiger partial charge is 0.122 e. The average molecular weight is 224 g/mol. The third kappa shape index (κ3) is 1.82. The van der Waals surface area contributed by atoms with Crippen molar-refractivity contribution in [2.45, 2.75) is 44.9 Å². The lowest BCUT2D eigenvalue weighted by atomic mass is 10.2. The molecule has 0 aromatic carbocycles. The van der Waals surface area contributed by atoms with Crippen LogP contribution in [0, 0.1) is 0 Å². The Bertz CT molecular complexity index is 340. The van der Waals surface area contributed by atoms with Gasteiger partial charge < -0.3 is 10.1 Å². The maximum atomic E-state index is 5.85. The zero-order valence-corrected chi connectivity index (χ0v) is 9.77. The fraction of sp³-hybridized carbons (Fsp3) is 0.727. The summed E-state index contributed by atoms with van der Waals surface area (Å²) in [6.07, 6.45) is 4.08. The fourth-order valence-corrected chi connectivity index (χ4v) is 3.42. The first-order chi connectivity index (χ1) is 7.33. The van der Waals surface area contributed by atoms with Gasteiger partial charge in [-0.25, -0.2) is 4.98 Å². The molecular weight excluding hydrogens is 208 g/mol. The second kappa shape index (κ2) is 3.85. The van der Waals surface area contributed by atoms with Gasteiger partial charge in [-0.1, -0.05) is 0 Å². The Kier molecular flexibility index (Phi) is 2.50. The second-order valence-corrected chi connectivity index (χ2v) is 5.48. The molecule has 3 rings (SSSR count). The van der Waals surface area contributed by atoms with Crippen LogP contribution >= 0.6 is 11.3 Å². The Labute approximate surface area is 93.9 Å². The van der Waals surface area contributed by atoms with Crippen molar-refractivity contribution in [2.24, 2.45) is 0 Å². The number of nitrogens with one attached hydrogen (secondary N) is 1. The SMILES string of the molecule is CC1CCC(c2nc3c(s2)CNCC3)O1. The van der Waals surface area contributed by atoms with Gasteiger partial charge in [-0.2, -0.15) is 0 Å². The number of fused-ring (bicyclic) bond motifs is 1. The lowest BCUT2D eigenvalue weighted by molar-refractivity contribution is 0.0553. The molecule has 3 nitrogen and oxygen atoms in total. The Balaban J connectivity index is 1.83. The molecule has 15 heavy (non-hydrogen) atoms. The maximum absolute atomic E-state index is 5.85. The van der Waals surface area contributed by atoms with E-state index < -0.39 is 0 Å². The van der Waals surface area contributed by atoms with Gasteiger partial charge in [0, 0.05) is 24.4 Å². The molecule has 0 radical (unpaired) electrons. The van der Waals surface area contributed by atoms with Gasteiger partial charge in [-0.05, 0) is 19.8 Å². The van der Waals surface area contributed by atoms with Gasteiger partial charge in [0.25, 0.3) is 0 Å². The minimum Gasteiger partial charge on any atom is -0.368 e. The molecule has 1 aromatic rings. The van der Waals surface area contributed by atoms with E-state index in [-0.39, 0.29) is 6.10 Å². The summed E-state index contributed by atoms with van der Waals surface area (Å²) in [6.45, 7) is 4.21. The minimum absolute atomic E-state index is 0.274. The Hall–Kier alpha value is -0.450. The van der Waals surface area contributed by atoms with Crippen molar-refractivity contribution in [2.75, 3.05) is 6.54 Å². The van der Waals surface area contributed by atoms with Crippen LogP contribution in [0.2, 0.25) is 0 Å². The van der Waals surface area contributed by atoms with E-state index in [1.165, 1.54) is 22.0 Å². The van der Waals surface area contributed by atoms with Crippen LogP contribution in [-0.4, -0.2) is 17.6 Å². The van der Waals surface area contributed by atoms with Crippen LogP contribution in [0.1, 0.15) is 41.4 Å². The number of hydrogen-bond donors (Lipinski definition) is 1. The summed E-state index contributed by atoms with van der Waals surface area (Å²) < 4.78 is 5.85. The number of thiazole rings is 1. The van der Waals surface area contributed by atoms with Crippen molar-refractivity contribution in [1.82, 2.24) is 10.3 Å². The molecule has 3 heterocycles. The minimum atomic E-state index is 0.274. The van der Waals surface area contributed by atoms with Crippen molar-refractivity contribution >= 4 is 11.3 Å². The van der Waals surface area contributed by atoms with E-state index in [9.17, 15) is 0 Å². The molecule has 4 heteroatoms. The highest BCUT2D eigenvalue weighted by molar-refractivity contribution is 7.11. The van der Waals surface area contributed by atoms with Gasteiger partial charge >= 0.3 is 0 Å².